The quantitative estimate of drug-likeness (QED) is 0.377. The van der Waals surface area contributed by atoms with E-state index in [2.05, 4.69) is 51.2 Å². The van der Waals surface area contributed by atoms with Crippen LogP contribution in [0, 0.1) is 11.8 Å². The molecule has 1 unspecified atom stereocenters. The van der Waals surface area contributed by atoms with Crippen molar-refractivity contribution in [1.29, 1.82) is 0 Å². The van der Waals surface area contributed by atoms with Gasteiger partial charge in [0, 0.05) is 0 Å². The zero-order valence-electron chi connectivity index (χ0n) is 17.1. The molecule has 148 valence electrons. The Bertz CT molecular complexity index is 337. The molecule has 0 amide bonds. The lowest BCUT2D eigenvalue weighted by Gasteiger charge is -2.26. The third-order valence-electron chi connectivity index (χ3n) is 4.23. The zero-order valence-corrected chi connectivity index (χ0v) is 18.7. The first-order valence-electron chi connectivity index (χ1n) is 9.17. The second kappa shape index (κ2) is 18.5. The first-order valence-corrected chi connectivity index (χ1v) is 11.7. The molecule has 25 heavy (non-hydrogen) atoms. The summed E-state index contributed by atoms with van der Waals surface area (Å²) in [4.78, 5) is 0. The van der Waals surface area contributed by atoms with E-state index in [1.165, 1.54) is 32.2 Å². The van der Waals surface area contributed by atoms with E-state index in [0.29, 0.717) is 0 Å². The van der Waals surface area contributed by atoms with Crippen molar-refractivity contribution in [1.82, 2.24) is 5.32 Å². The van der Waals surface area contributed by atoms with Crippen LogP contribution in [-0.2, 0) is 0 Å². The summed E-state index contributed by atoms with van der Waals surface area (Å²) >= 11 is 3.46. The molecule has 1 saturated carbocycles. The van der Waals surface area contributed by atoms with E-state index in [1.54, 1.807) is 17.8 Å². The molecule has 2 N–H and O–H groups in total. The van der Waals surface area contributed by atoms with E-state index in [0.717, 1.165) is 23.5 Å². The SMILES string of the molecule is C=CC1CCC(CNC)CC1.C=CCC(SC)C(=C)O.CSC(C)C. The lowest BCUT2D eigenvalue weighted by atomic mass is 9.82. The Kier molecular flexibility index (Phi) is 19.9. The van der Waals surface area contributed by atoms with E-state index in [-0.39, 0.29) is 11.0 Å². The second-order valence-electron chi connectivity index (χ2n) is 6.60. The van der Waals surface area contributed by atoms with Crippen LogP contribution in [0.25, 0.3) is 0 Å². The Balaban J connectivity index is 0. The molecule has 1 aliphatic carbocycles. The minimum Gasteiger partial charge on any atom is -0.512 e. The molecule has 0 spiro atoms. The van der Waals surface area contributed by atoms with E-state index < -0.39 is 0 Å². The average molecular weight is 388 g/mol. The maximum Gasteiger partial charge on any atom is 0.0983 e. The maximum absolute atomic E-state index is 8.88. The first kappa shape index (κ1) is 26.9. The molecule has 0 heterocycles. The molecule has 0 saturated heterocycles. The summed E-state index contributed by atoms with van der Waals surface area (Å²) in [6.07, 6.45) is 14.2. The number of allylic oxidation sites excluding steroid dienone is 2. The van der Waals surface area contributed by atoms with Gasteiger partial charge < -0.3 is 10.4 Å². The largest absolute Gasteiger partial charge is 0.512 e. The molecule has 0 aromatic heterocycles. The molecule has 0 radical (unpaired) electrons. The maximum atomic E-state index is 8.88. The van der Waals surface area contributed by atoms with Crippen LogP contribution in [-0.4, -0.2) is 41.7 Å². The predicted molar refractivity (Wildman–Crippen MR) is 122 cm³/mol. The van der Waals surface area contributed by atoms with Crippen molar-refractivity contribution in [2.24, 2.45) is 11.8 Å². The second-order valence-corrected chi connectivity index (χ2v) is 9.05. The topological polar surface area (TPSA) is 32.3 Å². The molecule has 2 nitrogen and oxygen atoms in total. The van der Waals surface area contributed by atoms with Crippen LogP contribution in [0.1, 0.15) is 46.0 Å². The van der Waals surface area contributed by atoms with Gasteiger partial charge in [-0.3, -0.25) is 0 Å². The highest BCUT2D eigenvalue weighted by atomic mass is 32.2. The number of aliphatic hydroxyl groups excluding tert-OH is 1. The lowest BCUT2D eigenvalue weighted by Crippen LogP contribution is -2.23. The minimum absolute atomic E-state index is 0.127. The van der Waals surface area contributed by atoms with Gasteiger partial charge in [0.25, 0.3) is 0 Å². The molecule has 0 aliphatic heterocycles. The van der Waals surface area contributed by atoms with Crippen molar-refractivity contribution in [3.8, 4) is 0 Å². The highest BCUT2D eigenvalue weighted by Gasteiger charge is 2.17. The molecule has 0 aromatic carbocycles. The summed E-state index contributed by atoms with van der Waals surface area (Å²) < 4.78 is 0. The number of rotatable bonds is 8. The fraction of sp³-hybridized carbons (Fsp3) is 0.714. The number of aliphatic hydroxyl groups is 1. The highest BCUT2D eigenvalue weighted by molar-refractivity contribution is 7.99. The van der Waals surface area contributed by atoms with Crippen LogP contribution in [0.15, 0.2) is 37.6 Å². The third kappa shape index (κ3) is 16.9. The molecule has 4 heteroatoms. The fourth-order valence-corrected chi connectivity index (χ4v) is 3.04. The van der Waals surface area contributed by atoms with Gasteiger partial charge >= 0.3 is 0 Å². The smallest absolute Gasteiger partial charge is 0.0983 e. The summed E-state index contributed by atoms with van der Waals surface area (Å²) in [5.41, 5.74) is 0. The van der Waals surface area contributed by atoms with Gasteiger partial charge in [-0.1, -0.05) is 32.6 Å². The zero-order chi connectivity index (χ0) is 19.7. The van der Waals surface area contributed by atoms with Gasteiger partial charge in [-0.2, -0.15) is 23.5 Å². The fourth-order valence-electron chi connectivity index (χ4n) is 2.44. The van der Waals surface area contributed by atoms with Crippen LogP contribution >= 0.6 is 23.5 Å². The summed E-state index contributed by atoms with van der Waals surface area (Å²) in [6, 6.07) is 0. The van der Waals surface area contributed by atoms with Crippen LogP contribution < -0.4 is 5.32 Å². The summed E-state index contributed by atoms with van der Waals surface area (Å²) in [5.74, 6) is 1.97. The van der Waals surface area contributed by atoms with E-state index in [1.807, 2.05) is 25.1 Å². The third-order valence-corrected chi connectivity index (χ3v) is 6.20. The Morgan fingerprint density at radius 2 is 1.68 bits per heavy atom. The van der Waals surface area contributed by atoms with Gasteiger partial charge in [-0.15, -0.1) is 13.2 Å². The van der Waals surface area contributed by atoms with Gasteiger partial charge in [0.1, 0.15) is 0 Å². The normalized spacial score (nSPS) is 20.4. The Labute approximate surface area is 166 Å². The van der Waals surface area contributed by atoms with Crippen molar-refractivity contribution in [2.45, 2.75) is 56.5 Å². The van der Waals surface area contributed by atoms with E-state index >= 15 is 0 Å². The summed E-state index contributed by atoms with van der Waals surface area (Å²) in [6.45, 7) is 16.4. The first-order chi connectivity index (χ1) is 11.9. The Morgan fingerprint density at radius 3 is 1.92 bits per heavy atom. The molecular weight excluding hydrogens is 346 g/mol. The van der Waals surface area contributed by atoms with Gasteiger partial charge in [0.15, 0.2) is 0 Å². The molecule has 1 rings (SSSR count). The predicted octanol–water partition coefficient (Wildman–Crippen LogP) is 6.32. The van der Waals surface area contributed by atoms with Crippen molar-refractivity contribution < 1.29 is 5.11 Å². The highest BCUT2D eigenvalue weighted by Crippen LogP contribution is 2.28. The number of thioether (sulfide) groups is 2. The summed E-state index contributed by atoms with van der Waals surface area (Å²) in [5, 5.41) is 13.1. The van der Waals surface area contributed by atoms with E-state index in [9.17, 15) is 0 Å². The molecular formula is C21H41NOS2. The Morgan fingerprint density at radius 1 is 1.16 bits per heavy atom. The van der Waals surface area contributed by atoms with Gasteiger partial charge in [-0.25, -0.2) is 0 Å². The summed E-state index contributed by atoms with van der Waals surface area (Å²) in [7, 11) is 2.04. The van der Waals surface area contributed by atoms with Crippen LogP contribution in [0.2, 0.25) is 0 Å². The van der Waals surface area contributed by atoms with Gasteiger partial charge in [0.05, 0.1) is 11.0 Å². The molecule has 0 bridgehead atoms. The van der Waals surface area contributed by atoms with Gasteiger partial charge in [0.2, 0.25) is 0 Å². The number of hydrogen-bond donors (Lipinski definition) is 2. The van der Waals surface area contributed by atoms with Crippen molar-refractivity contribution in [3.63, 3.8) is 0 Å². The van der Waals surface area contributed by atoms with Crippen LogP contribution in [0.4, 0.5) is 0 Å². The molecule has 1 atom stereocenters. The number of nitrogens with one attached hydrogen (secondary N) is 1. The van der Waals surface area contributed by atoms with Gasteiger partial charge in [-0.05, 0) is 75.3 Å². The molecule has 1 fully saturated rings. The molecule has 0 aromatic rings. The van der Waals surface area contributed by atoms with Crippen LogP contribution in [0.5, 0.6) is 0 Å². The monoisotopic (exact) mass is 387 g/mol. The number of hydrogen-bond acceptors (Lipinski definition) is 4. The standard InChI is InChI=1S/C10H19N.C7H12OS.C4H10S/c1-3-9-4-6-10(7-5-9)8-11-2;1-4-5-7(9-3)6(2)8;1-4(2)5-3/h3,9-11H,1,4-8H2,2H3;4,7-8H,1-2,5H2,3H3;4H,1-3H3. The Hall–Kier alpha value is -0.320. The molecule has 1 aliphatic rings. The van der Waals surface area contributed by atoms with Crippen LogP contribution in [0.3, 0.4) is 0 Å². The minimum atomic E-state index is 0.127. The van der Waals surface area contributed by atoms with Crippen molar-refractivity contribution in [3.05, 3.63) is 37.6 Å². The van der Waals surface area contributed by atoms with Crippen molar-refractivity contribution in [2.75, 3.05) is 26.1 Å². The van der Waals surface area contributed by atoms with E-state index in [4.69, 9.17) is 5.11 Å². The average Bonchev–Trinajstić information content (AvgIpc) is 2.61. The van der Waals surface area contributed by atoms with Crippen molar-refractivity contribution >= 4 is 23.5 Å². The lowest BCUT2D eigenvalue weighted by molar-refractivity contribution is 0.305.